The smallest absolute Gasteiger partial charge is 0.246 e. The van der Waals surface area contributed by atoms with Crippen molar-refractivity contribution in [3.63, 3.8) is 0 Å². The van der Waals surface area contributed by atoms with E-state index >= 15 is 0 Å². The van der Waals surface area contributed by atoms with Crippen LogP contribution < -0.4 is 5.32 Å². The highest BCUT2D eigenvalue weighted by Crippen LogP contribution is 2.25. The van der Waals surface area contributed by atoms with Gasteiger partial charge in [0.15, 0.2) is 0 Å². The zero-order valence-electron chi connectivity index (χ0n) is 20.7. The molecule has 7 heteroatoms. The summed E-state index contributed by atoms with van der Waals surface area (Å²) >= 11 is 0. The van der Waals surface area contributed by atoms with Crippen LogP contribution in [0, 0.1) is 0 Å². The van der Waals surface area contributed by atoms with E-state index in [4.69, 9.17) is 9.72 Å². The van der Waals surface area contributed by atoms with Crippen LogP contribution in [0.5, 0.6) is 0 Å². The predicted octanol–water partition coefficient (Wildman–Crippen LogP) is 5.02. The lowest BCUT2D eigenvalue weighted by atomic mass is 10.0. The van der Waals surface area contributed by atoms with Crippen LogP contribution in [0.2, 0.25) is 0 Å². The van der Waals surface area contributed by atoms with Gasteiger partial charge in [-0.05, 0) is 36.5 Å². The summed E-state index contributed by atoms with van der Waals surface area (Å²) in [7, 11) is 0. The van der Waals surface area contributed by atoms with Crippen molar-refractivity contribution in [2.24, 2.45) is 0 Å². The number of amides is 2. The van der Waals surface area contributed by atoms with Crippen molar-refractivity contribution in [1.29, 1.82) is 0 Å². The average molecular weight is 475 g/mol. The normalized spacial score (nSPS) is 15.4. The quantitative estimate of drug-likeness (QED) is 0.473. The van der Waals surface area contributed by atoms with Gasteiger partial charge in [-0.2, -0.15) is 0 Å². The highest BCUT2D eigenvalue weighted by molar-refractivity contribution is 5.93. The standard InChI is InChI=1S/C28H34N4O3/c1-4-27(34)31(17-24-11-8-16-35-24)19-26(33)30-28-29-25(22-9-6-5-7-10-22)18-32(28)23-14-12-21(13-15-23)20(2)3/h5-7,9-10,12-15,18,20,24H,4,8,11,16-17,19H2,1-3H3,(H,29,30,33)/t24-/m0/s1. The van der Waals surface area contributed by atoms with Gasteiger partial charge in [-0.15, -0.1) is 0 Å². The molecular formula is C28H34N4O3. The molecule has 0 spiro atoms. The van der Waals surface area contributed by atoms with Gasteiger partial charge in [0.25, 0.3) is 0 Å². The molecule has 0 unspecified atom stereocenters. The Hall–Kier alpha value is -3.45. The molecule has 2 aromatic carbocycles. The second kappa shape index (κ2) is 11.3. The lowest BCUT2D eigenvalue weighted by Gasteiger charge is -2.24. The molecule has 0 saturated carbocycles. The molecule has 4 rings (SSSR count). The van der Waals surface area contributed by atoms with Crippen LogP contribution in [0.1, 0.15) is 51.5 Å². The minimum absolute atomic E-state index is 0.00978. The van der Waals surface area contributed by atoms with E-state index in [0.717, 1.165) is 29.8 Å². The Bertz CT molecular complexity index is 1130. The van der Waals surface area contributed by atoms with Gasteiger partial charge in [-0.3, -0.25) is 19.5 Å². The molecule has 1 saturated heterocycles. The summed E-state index contributed by atoms with van der Waals surface area (Å²) in [5, 5.41) is 2.95. The van der Waals surface area contributed by atoms with Crippen molar-refractivity contribution in [1.82, 2.24) is 14.5 Å². The Morgan fingerprint density at radius 3 is 2.51 bits per heavy atom. The van der Waals surface area contributed by atoms with Crippen molar-refractivity contribution in [2.75, 3.05) is 25.0 Å². The fraction of sp³-hybridized carbons (Fsp3) is 0.393. The number of benzene rings is 2. The first-order valence-electron chi connectivity index (χ1n) is 12.4. The summed E-state index contributed by atoms with van der Waals surface area (Å²) in [5.41, 5.74) is 3.86. The van der Waals surface area contributed by atoms with Crippen molar-refractivity contribution in [3.05, 3.63) is 66.4 Å². The van der Waals surface area contributed by atoms with Gasteiger partial charge in [-0.1, -0.05) is 63.2 Å². The Morgan fingerprint density at radius 2 is 1.89 bits per heavy atom. The maximum Gasteiger partial charge on any atom is 0.246 e. The maximum absolute atomic E-state index is 13.1. The topological polar surface area (TPSA) is 76.5 Å². The van der Waals surface area contributed by atoms with Gasteiger partial charge in [0.05, 0.1) is 11.8 Å². The van der Waals surface area contributed by atoms with E-state index in [1.165, 1.54) is 5.56 Å². The molecule has 0 aliphatic carbocycles. The second-order valence-corrected chi connectivity index (χ2v) is 9.24. The first kappa shape index (κ1) is 24.7. The number of rotatable bonds is 9. The van der Waals surface area contributed by atoms with E-state index in [9.17, 15) is 9.59 Å². The molecule has 0 bridgehead atoms. The van der Waals surface area contributed by atoms with Crippen LogP contribution in [-0.2, 0) is 14.3 Å². The monoisotopic (exact) mass is 474 g/mol. The summed E-state index contributed by atoms with van der Waals surface area (Å²) in [6.07, 6.45) is 4.16. The average Bonchev–Trinajstić information content (AvgIpc) is 3.54. The van der Waals surface area contributed by atoms with Gasteiger partial charge in [0.1, 0.15) is 6.54 Å². The van der Waals surface area contributed by atoms with Gasteiger partial charge in [0.2, 0.25) is 17.8 Å². The molecule has 1 aliphatic rings. The predicted molar refractivity (Wildman–Crippen MR) is 138 cm³/mol. The highest BCUT2D eigenvalue weighted by Gasteiger charge is 2.24. The largest absolute Gasteiger partial charge is 0.376 e. The number of imidazole rings is 1. The van der Waals surface area contributed by atoms with Crippen molar-refractivity contribution >= 4 is 17.8 Å². The van der Waals surface area contributed by atoms with Crippen molar-refractivity contribution < 1.29 is 14.3 Å². The first-order chi connectivity index (χ1) is 16.9. The Balaban J connectivity index is 1.58. The van der Waals surface area contributed by atoms with E-state index in [-0.39, 0.29) is 24.5 Å². The Labute approximate surface area is 207 Å². The number of anilines is 1. The number of ether oxygens (including phenoxy) is 1. The lowest BCUT2D eigenvalue weighted by molar-refractivity contribution is -0.135. The van der Waals surface area contributed by atoms with Gasteiger partial charge < -0.3 is 9.64 Å². The third kappa shape index (κ3) is 6.17. The summed E-state index contributed by atoms with van der Waals surface area (Å²) in [6.45, 7) is 7.23. The van der Waals surface area contributed by atoms with E-state index in [1.54, 1.807) is 4.90 Å². The number of aromatic nitrogens is 2. The van der Waals surface area contributed by atoms with Crippen LogP contribution in [-0.4, -0.2) is 52.1 Å². The third-order valence-electron chi connectivity index (χ3n) is 6.30. The molecule has 1 aromatic heterocycles. The number of nitrogens with zero attached hydrogens (tertiary/aromatic N) is 3. The molecule has 1 aliphatic heterocycles. The van der Waals surface area contributed by atoms with Crippen LogP contribution in [0.3, 0.4) is 0 Å². The number of nitrogens with one attached hydrogen (secondary N) is 1. The van der Waals surface area contributed by atoms with Gasteiger partial charge >= 0.3 is 0 Å². The van der Waals surface area contributed by atoms with E-state index in [0.29, 0.717) is 31.4 Å². The fourth-order valence-electron chi connectivity index (χ4n) is 4.28. The van der Waals surface area contributed by atoms with Gasteiger partial charge in [-0.25, -0.2) is 4.98 Å². The SMILES string of the molecule is CCC(=O)N(CC(=O)Nc1nc(-c2ccccc2)cn1-c1ccc(C(C)C)cc1)C[C@@H]1CCCO1. The molecule has 2 amide bonds. The minimum atomic E-state index is -0.282. The highest BCUT2D eigenvalue weighted by atomic mass is 16.5. The number of hydrogen-bond donors (Lipinski definition) is 1. The van der Waals surface area contributed by atoms with E-state index in [1.807, 2.05) is 60.2 Å². The van der Waals surface area contributed by atoms with Crippen LogP contribution >= 0.6 is 0 Å². The third-order valence-corrected chi connectivity index (χ3v) is 6.30. The molecule has 7 nitrogen and oxygen atoms in total. The number of carbonyl (C=O) groups is 2. The maximum atomic E-state index is 13.1. The molecule has 3 aromatic rings. The molecule has 2 heterocycles. The summed E-state index contributed by atoms with van der Waals surface area (Å²) in [5.74, 6) is 0.507. The fourth-order valence-corrected chi connectivity index (χ4v) is 4.28. The summed E-state index contributed by atoms with van der Waals surface area (Å²) < 4.78 is 7.58. The molecule has 35 heavy (non-hydrogen) atoms. The molecule has 1 fully saturated rings. The zero-order valence-corrected chi connectivity index (χ0v) is 20.7. The van der Waals surface area contributed by atoms with Crippen LogP contribution in [0.15, 0.2) is 60.8 Å². The lowest BCUT2D eigenvalue weighted by Crippen LogP contribution is -2.42. The molecule has 184 valence electrons. The van der Waals surface area contributed by atoms with Crippen molar-refractivity contribution in [2.45, 2.75) is 52.1 Å². The summed E-state index contributed by atoms with van der Waals surface area (Å²) in [6, 6.07) is 18.1. The zero-order chi connectivity index (χ0) is 24.8. The van der Waals surface area contributed by atoms with Gasteiger partial charge in [0, 0.05) is 37.0 Å². The molecule has 1 N–H and O–H groups in total. The van der Waals surface area contributed by atoms with E-state index in [2.05, 4.69) is 31.3 Å². The molecule has 0 radical (unpaired) electrons. The minimum Gasteiger partial charge on any atom is -0.376 e. The van der Waals surface area contributed by atoms with Crippen LogP contribution in [0.4, 0.5) is 5.95 Å². The molecule has 1 atom stereocenters. The number of hydrogen-bond acceptors (Lipinski definition) is 4. The Kier molecular flexibility index (Phi) is 7.98. The first-order valence-corrected chi connectivity index (χ1v) is 12.4. The summed E-state index contributed by atoms with van der Waals surface area (Å²) in [4.78, 5) is 31.9. The Morgan fingerprint density at radius 1 is 1.14 bits per heavy atom. The second-order valence-electron chi connectivity index (χ2n) is 9.24. The van der Waals surface area contributed by atoms with Crippen molar-refractivity contribution in [3.8, 4) is 16.9 Å². The van der Waals surface area contributed by atoms with E-state index < -0.39 is 0 Å². The van der Waals surface area contributed by atoms with Crippen LogP contribution in [0.25, 0.3) is 16.9 Å². The number of carbonyl (C=O) groups excluding carboxylic acids is 2. The molecular weight excluding hydrogens is 440 g/mol.